The number of para-hydroxylation sites is 1. The van der Waals surface area contributed by atoms with Crippen LogP contribution < -0.4 is 5.32 Å². The number of hydrogen-bond acceptors (Lipinski definition) is 5. The smallest absolute Gasteiger partial charge is 0.312 e. The van der Waals surface area contributed by atoms with Crippen molar-refractivity contribution in [3.8, 4) is 0 Å². The van der Waals surface area contributed by atoms with E-state index in [1.165, 1.54) is 11.3 Å². The van der Waals surface area contributed by atoms with Gasteiger partial charge in [-0.3, -0.25) is 9.59 Å². The van der Waals surface area contributed by atoms with Crippen molar-refractivity contribution in [1.82, 2.24) is 4.98 Å². The van der Waals surface area contributed by atoms with Gasteiger partial charge in [-0.15, -0.1) is 11.3 Å². The second-order valence-corrected chi connectivity index (χ2v) is 5.69. The number of aryl methyl sites for hydroxylation is 1. The molecule has 0 radical (unpaired) electrons. The molecule has 2 rings (SSSR count). The zero-order valence-corrected chi connectivity index (χ0v) is 13.4. The molecule has 0 saturated carbocycles. The fraction of sp³-hybridized carbons (Fsp3) is 0.312. The summed E-state index contributed by atoms with van der Waals surface area (Å²) in [5.74, 6) is -0.810. The quantitative estimate of drug-likeness (QED) is 0.832. The van der Waals surface area contributed by atoms with Crippen LogP contribution in [0, 0.1) is 0 Å². The first-order valence-electron chi connectivity index (χ1n) is 7.07. The summed E-state index contributed by atoms with van der Waals surface area (Å²) in [6, 6.07) is 9.04. The lowest BCUT2D eigenvalue weighted by atomic mass is 10.3. The molecule has 1 atom stereocenters. The van der Waals surface area contributed by atoms with Crippen LogP contribution in [0.2, 0.25) is 0 Å². The van der Waals surface area contributed by atoms with Crippen LogP contribution in [0.4, 0.5) is 5.69 Å². The standard InChI is InChI=1S/C16H18N2O3S/c1-3-14-17-13(10-22-14)9-15(19)21-11(2)16(20)18-12-7-5-4-6-8-12/h4-8,10-11H,3,9H2,1-2H3,(H,18,20). The molecular formula is C16H18N2O3S. The van der Waals surface area contributed by atoms with Crippen molar-refractivity contribution in [3.63, 3.8) is 0 Å². The summed E-state index contributed by atoms with van der Waals surface area (Å²) in [6.45, 7) is 3.56. The van der Waals surface area contributed by atoms with Crippen LogP contribution >= 0.6 is 11.3 Å². The largest absolute Gasteiger partial charge is 0.452 e. The van der Waals surface area contributed by atoms with Gasteiger partial charge in [0.05, 0.1) is 17.1 Å². The van der Waals surface area contributed by atoms with Crippen LogP contribution in [0.25, 0.3) is 0 Å². The van der Waals surface area contributed by atoms with Crippen molar-refractivity contribution >= 4 is 28.9 Å². The topological polar surface area (TPSA) is 68.3 Å². The number of hydrogen-bond donors (Lipinski definition) is 1. The van der Waals surface area contributed by atoms with Crippen molar-refractivity contribution < 1.29 is 14.3 Å². The minimum absolute atomic E-state index is 0.0828. The zero-order chi connectivity index (χ0) is 15.9. The van der Waals surface area contributed by atoms with Gasteiger partial charge in [0, 0.05) is 11.1 Å². The van der Waals surface area contributed by atoms with E-state index in [1.54, 1.807) is 19.1 Å². The highest BCUT2D eigenvalue weighted by molar-refractivity contribution is 7.09. The number of anilines is 1. The fourth-order valence-electron chi connectivity index (χ4n) is 1.80. The number of esters is 1. The number of thiazole rings is 1. The molecule has 1 amide bonds. The van der Waals surface area contributed by atoms with E-state index < -0.39 is 12.1 Å². The highest BCUT2D eigenvalue weighted by atomic mass is 32.1. The Bertz CT molecular complexity index is 640. The fourth-order valence-corrected chi connectivity index (χ4v) is 2.54. The van der Waals surface area contributed by atoms with Crippen LogP contribution in [0.15, 0.2) is 35.7 Å². The molecule has 6 heteroatoms. The average molecular weight is 318 g/mol. The number of nitrogens with one attached hydrogen (secondary N) is 1. The van der Waals surface area contributed by atoms with Gasteiger partial charge in [-0.1, -0.05) is 25.1 Å². The first-order chi connectivity index (χ1) is 10.6. The zero-order valence-electron chi connectivity index (χ0n) is 12.5. The van der Waals surface area contributed by atoms with E-state index in [9.17, 15) is 9.59 Å². The number of nitrogens with zero attached hydrogens (tertiary/aromatic N) is 1. The number of ether oxygens (including phenoxy) is 1. The SMILES string of the molecule is CCc1nc(CC(=O)OC(C)C(=O)Nc2ccccc2)cs1. The minimum Gasteiger partial charge on any atom is -0.452 e. The number of carbonyl (C=O) groups is 2. The summed E-state index contributed by atoms with van der Waals surface area (Å²) < 4.78 is 5.14. The van der Waals surface area contributed by atoms with Gasteiger partial charge in [0.15, 0.2) is 6.10 Å². The molecule has 1 aromatic carbocycles. The predicted octanol–water partition coefficient (Wildman–Crippen LogP) is 2.82. The maximum Gasteiger partial charge on any atom is 0.312 e. The number of benzene rings is 1. The van der Waals surface area contributed by atoms with E-state index in [2.05, 4.69) is 10.3 Å². The number of amides is 1. The molecule has 0 saturated heterocycles. The van der Waals surface area contributed by atoms with Gasteiger partial charge >= 0.3 is 5.97 Å². The molecule has 0 aliphatic carbocycles. The van der Waals surface area contributed by atoms with Gasteiger partial charge in [-0.2, -0.15) is 0 Å². The minimum atomic E-state index is -0.850. The third-order valence-electron chi connectivity index (χ3n) is 2.95. The van der Waals surface area contributed by atoms with Crippen molar-refractivity contribution in [2.24, 2.45) is 0 Å². The summed E-state index contributed by atoms with van der Waals surface area (Å²) in [5.41, 5.74) is 1.35. The second kappa shape index (κ2) is 7.70. The van der Waals surface area contributed by atoms with Crippen LogP contribution in [0.3, 0.4) is 0 Å². The third-order valence-corrected chi connectivity index (χ3v) is 3.99. The van der Waals surface area contributed by atoms with Gasteiger partial charge < -0.3 is 10.1 Å². The molecule has 22 heavy (non-hydrogen) atoms. The highest BCUT2D eigenvalue weighted by Crippen LogP contribution is 2.12. The van der Waals surface area contributed by atoms with E-state index in [0.29, 0.717) is 11.4 Å². The Morgan fingerprint density at radius 1 is 1.32 bits per heavy atom. The number of aromatic nitrogens is 1. The molecule has 2 aromatic rings. The van der Waals surface area contributed by atoms with E-state index in [-0.39, 0.29) is 12.3 Å². The van der Waals surface area contributed by atoms with Gasteiger partial charge in [0.25, 0.3) is 5.91 Å². The van der Waals surface area contributed by atoms with Crippen LogP contribution in [-0.2, 0) is 27.2 Å². The molecule has 1 aromatic heterocycles. The molecule has 116 valence electrons. The Balaban J connectivity index is 1.83. The average Bonchev–Trinajstić information content (AvgIpc) is 2.95. The van der Waals surface area contributed by atoms with Gasteiger partial charge in [-0.05, 0) is 25.5 Å². The second-order valence-electron chi connectivity index (χ2n) is 4.75. The lowest BCUT2D eigenvalue weighted by Crippen LogP contribution is -2.30. The van der Waals surface area contributed by atoms with Gasteiger partial charge in [-0.25, -0.2) is 4.98 Å². The molecule has 0 fully saturated rings. The van der Waals surface area contributed by atoms with Crippen molar-refractivity contribution in [3.05, 3.63) is 46.4 Å². The summed E-state index contributed by atoms with van der Waals surface area (Å²) in [4.78, 5) is 28.1. The first kappa shape index (κ1) is 16.2. The molecular weight excluding hydrogens is 300 g/mol. The molecule has 0 bridgehead atoms. The summed E-state index contributed by atoms with van der Waals surface area (Å²) in [6.07, 6.45) is 0.0756. The Kier molecular flexibility index (Phi) is 5.66. The van der Waals surface area contributed by atoms with Crippen molar-refractivity contribution in [2.75, 3.05) is 5.32 Å². The molecule has 1 unspecified atom stereocenters. The van der Waals surface area contributed by atoms with Crippen molar-refractivity contribution in [1.29, 1.82) is 0 Å². The first-order valence-corrected chi connectivity index (χ1v) is 7.95. The van der Waals surface area contributed by atoms with Crippen LogP contribution in [0.1, 0.15) is 24.5 Å². The number of carbonyl (C=O) groups excluding carboxylic acids is 2. The predicted molar refractivity (Wildman–Crippen MR) is 85.8 cm³/mol. The number of rotatable bonds is 6. The van der Waals surface area contributed by atoms with Crippen LogP contribution in [-0.4, -0.2) is 23.0 Å². The van der Waals surface area contributed by atoms with E-state index >= 15 is 0 Å². The molecule has 0 spiro atoms. The summed E-state index contributed by atoms with van der Waals surface area (Å²) in [5, 5.41) is 5.52. The Morgan fingerprint density at radius 2 is 2.05 bits per heavy atom. The van der Waals surface area contributed by atoms with E-state index in [4.69, 9.17) is 4.74 Å². The molecule has 0 aliphatic rings. The normalized spacial score (nSPS) is 11.7. The molecule has 0 aliphatic heterocycles. The maximum atomic E-state index is 11.9. The summed E-state index contributed by atoms with van der Waals surface area (Å²) in [7, 11) is 0. The molecule has 1 N–H and O–H groups in total. The Morgan fingerprint density at radius 3 is 2.68 bits per heavy atom. The third kappa shape index (κ3) is 4.66. The summed E-state index contributed by atoms with van der Waals surface area (Å²) >= 11 is 1.52. The van der Waals surface area contributed by atoms with E-state index in [0.717, 1.165) is 11.4 Å². The maximum absolute atomic E-state index is 11.9. The van der Waals surface area contributed by atoms with E-state index in [1.807, 2.05) is 30.5 Å². The monoisotopic (exact) mass is 318 g/mol. The highest BCUT2D eigenvalue weighted by Gasteiger charge is 2.18. The Hall–Kier alpha value is -2.21. The van der Waals surface area contributed by atoms with Crippen LogP contribution in [0.5, 0.6) is 0 Å². The van der Waals surface area contributed by atoms with Gasteiger partial charge in [0.1, 0.15) is 0 Å². The molecule has 5 nitrogen and oxygen atoms in total. The van der Waals surface area contributed by atoms with Gasteiger partial charge in [0.2, 0.25) is 0 Å². The Labute approximate surface area is 133 Å². The lowest BCUT2D eigenvalue weighted by Gasteiger charge is -2.13. The molecule has 1 heterocycles. The van der Waals surface area contributed by atoms with Crippen molar-refractivity contribution in [2.45, 2.75) is 32.8 Å². The lowest BCUT2D eigenvalue weighted by molar-refractivity contribution is -0.152.